The molecule has 0 unspecified atom stereocenters. The molecular formula is C31H35Cl2N3O4S. The van der Waals surface area contributed by atoms with Crippen molar-refractivity contribution in [1.82, 2.24) is 10.2 Å². The van der Waals surface area contributed by atoms with Gasteiger partial charge in [-0.3, -0.25) is 13.9 Å². The zero-order valence-corrected chi connectivity index (χ0v) is 25.3. The number of benzene rings is 3. The molecule has 4 rings (SSSR count). The standard InChI is InChI=1S/C31H35Cl2N3O4S/c1-2-29(31(38)34-25-12-5-3-6-13-25)35(21-23-11-9-10-16-28(23)33)30(37)22-36(26-14-7-4-8-15-26)41(39,40)27-19-17-24(32)18-20-27/h4,7-11,14-20,25,29H,2-3,5-6,12-13,21-22H2,1H3,(H,34,38)/t29-/m0/s1. The molecule has 0 aliphatic heterocycles. The Bertz CT molecular complexity index is 1430. The van der Waals surface area contributed by atoms with Crippen LogP contribution in [0.4, 0.5) is 5.69 Å². The van der Waals surface area contributed by atoms with Crippen molar-refractivity contribution in [1.29, 1.82) is 0 Å². The van der Waals surface area contributed by atoms with Gasteiger partial charge >= 0.3 is 0 Å². The van der Waals surface area contributed by atoms with E-state index in [2.05, 4.69) is 5.32 Å². The molecule has 1 saturated carbocycles. The third-order valence-electron chi connectivity index (χ3n) is 7.36. The van der Waals surface area contributed by atoms with Crippen LogP contribution in [0, 0.1) is 0 Å². The first-order valence-corrected chi connectivity index (χ1v) is 16.1. The molecule has 3 aromatic rings. The van der Waals surface area contributed by atoms with Gasteiger partial charge in [0, 0.05) is 22.6 Å². The smallest absolute Gasteiger partial charge is 0.264 e. The zero-order chi connectivity index (χ0) is 29.4. The molecule has 218 valence electrons. The number of nitrogens with zero attached hydrogens (tertiary/aromatic N) is 2. The topological polar surface area (TPSA) is 86.8 Å². The van der Waals surface area contributed by atoms with Gasteiger partial charge in [0.25, 0.3) is 10.0 Å². The summed E-state index contributed by atoms with van der Waals surface area (Å²) in [5.41, 5.74) is 0.992. The first-order valence-electron chi connectivity index (χ1n) is 13.9. The summed E-state index contributed by atoms with van der Waals surface area (Å²) in [6.07, 6.45) is 5.42. The Hall–Kier alpha value is -3.07. The van der Waals surface area contributed by atoms with Gasteiger partial charge in [-0.1, -0.05) is 85.8 Å². The van der Waals surface area contributed by atoms with Crippen molar-refractivity contribution in [3.8, 4) is 0 Å². The van der Waals surface area contributed by atoms with Gasteiger partial charge in [0.05, 0.1) is 10.6 Å². The molecule has 0 spiro atoms. The third kappa shape index (κ3) is 7.82. The van der Waals surface area contributed by atoms with Crippen LogP contribution in [0.25, 0.3) is 0 Å². The summed E-state index contributed by atoms with van der Waals surface area (Å²) < 4.78 is 28.8. The fourth-order valence-electron chi connectivity index (χ4n) is 5.13. The molecule has 0 radical (unpaired) electrons. The number of carbonyl (C=O) groups excluding carboxylic acids is 2. The first-order chi connectivity index (χ1) is 19.7. The second-order valence-electron chi connectivity index (χ2n) is 10.2. The Morgan fingerprint density at radius 1 is 0.902 bits per heavy atom. The first kappa shape index (κ1) is 30.9. The van der Waals surface area contributed by atoms with E-state index in [1.165, 1.54) is 29.2 Å². The minimum atomic E-state index is -4.16. The maximum absolute atomic E-state index is 14.1. The number of halogens is 2. The molecular weight excluding hydrogens is 581 g/mol. The van der Waals surface area contributed by atoms with Crippen LogP contribution in [-0.2, 0) is 26.2 Å². The van der Waals surface area contributed by atoms with E-state index in [-0.39, 0.29) is 23.4 Å². The molecule has 0 aromatic heterocycles. The van der Waals surface area contributed by atoms with E-state index in [0.29, 0.717) is 27.7 Å². The number of para-hydroxylation sites is 1. The van der Waals surface area contributed by atoms with Crippen LogP contribution >= 0.6 is 23.2 Å². The number of hydrogen-bond acceptors (Lipinski definition) is 4. The van der Waals surface area contributed by atoms with E-state index in [1.807, 2.05) is 13.0 Å². The van der Waals surface area contributed by atoms with Gasteiger partial charge in [-0.15, -0.1) is 0 Å². The van der Waals surface area contributed by atoms with E-state index in [9.17, 15) is 18.0 Å². The van der Waals surface area contributed by atoms with Crippen LogP contribution in [0.5, 0.6) is 0 Å². The van der Waals surface area contributed by atoms with E-state index in [0.717, 1.165) is 36.4 Å². The van der Waals surface area contributed by atoms with Crippen LogP contribution in [0.3, 0.4) is 0 Å². The molecule has 0 saturated heterocycles. The van der Waals surface area contributed by atoms with Crippen LogP contribution in [0.15, 0.2) is 83.8 Å². The van der Waals surface area contributed by atoms with Crippen LogP contribution in [-0.4, -0.2) is 43.8 Å². The number of carbonyl (C=O) groups is 2. The Labute approximate surface area is 252 Å². The van der Waals surface area contributed by atoms with Gasteiger partial charge in [-0.05, 0) is 67.3 Å². The van der Waals surface area contributed by atoms with Crippen LogP contribution in [0.2, 0.25) is 10.0 Å². The average Bonchev–Trinajstić information content (AvgIpc) is 2.97. The lowest BCUT2D eigenvalue weighted by molar-refractivity contribution is -0.140. The molecule has 1 N–H and O–H groups in total. The Kier molecular flexibility index (Phi) is 10.7. The van der Waals surface area contributed by atoms with Crippen molar-refractivity contribution in [2.75, 3.05) is 10.8 Å². The fourth-order valence-corrected chi connectivity index (χ4v) is 6.87. The van der Waals surface area contributed by atoms with Crippen LogP contribution < -0.4 is 9.62 Å². The summed E-state index contributed by atoms with van der Waals surface area (Å²) in [4.78, 5) is 29.2. The summed E-state index contributed by atoms with van der Waals surface area (Å²) in [5, 5.41) is 4.00. The minimum Gasteiger partial charge on any atom is -0.352 e. The highest BCUT2D eigenvalue weighted by Crippen LogP contribution is 2.27. The average molecular weight is 617 g/mol. The molecule has 1 fully saturated rings. The van der Waals surface area contributed by atoms with Crippen molar-refractivity contribution in [2.45, 2.75) is 69.0 Å². The number of rotatable bonds is 11. The number of amides is 2. The molecule has 1 atom stereocenters. The third-order valence-corrected chi connectivity index (χ3v) is 9.77. The van der Waals surface area contributed by atoms with E-state index in [1.54, 1.807) is 48.5 Å². The predicted molar refractivity (Wildman–Crippen MR) is 164 cm³/mol. The number of hydrogen-bond donors (Lipinski definition) is 1. The van der Waals surface area contributed by atoms with Crippen molar-refractivity contribution >= 4 is 50.7 Å². The summed E-state index contributed by atoms with van der Waals surface area (Å²) in [6, 6.07) is 20.6. The Balaban J connectivity index is 1.69. The van der Waals surface area contributed by atoms with E-state index in [4.69, 9.17) is 23.2 Å². The largest absolute Gasteiger partial charge is 0.352 e. The van der Waals surface area contributed by atoms with Crippen molar-refractivity contribution < 1.29 is 18.0 Å². The van der Waals surface area contributed by atoms with E-state index < -0.39 is 28.5 Å². The Morgan fingerprint density at radius 3 is 2.17 bits per heavy atom. The molecule has 0 bridgehead atoms. The lowest BCUT2D eigenvalue weighted by atomic mass is 9.95. The highest BCUT2D eigenvalue weighted by molar-refractivity contribution is 7.92. The highest BCUT2D eigenvalue weighted by Gasteiger charge is 2.34. The lowest BCUT2D eigenvalue weighted by Crippen LogP contribution is -2.54. The SMILES string of the molecule is CC[C@@H](C(=O)NC1CCCCC1)N(Cc1ccccc1Cl)C(=O)CN(c1ccccc1)S(=O)(=O)c1ccc(Cl)cc1. The monoisotopic (exact) mass is 615 g/mol. The molecule has 7 nitrogen and oxygen atoms in total. The predicted octanol–water partition coefficient (Wildman–Crippen LogP) is 6.45. The zero-order valence-electron chi connectivity index (χ0n) is 23.0. The quantitative estimate of drug-likeness (QED) is 0.269. The highest BCUT2D eigenvalue weighted by atomic mass is 35.5. The molecule has 1 aliphatic carbocycles. The van der Waals surface area contributed by atoms with Gasteiger partial charge in [-0.2, -0.15) is 0 Å². The number of sulfonamides is 1. The maximum Gasteiger partial charge on any atom is 0.264 e. The summed E-state index contributed by atoms with van der Waals surface area (Å²) in [5.74, 6) is -0.761. The normalized spacial score (nSPS) is 14.7. The summed E-state index contributed by atoms with van der Waals surface area (Å²) in [7, 11) is -4.16. The van der Waals surface area contributed by atoms with Gasteiger partial charge in [-0.25, -0.2) is 8.42 Å². The van der Waals surface area contributed by atoms with Crippen molar-refractivity contribution in [3.05, 3.63) is 94.5 Å². The molecule has 0 heterocycles. The summed E-state index contributed by atoms with van der Waals surface area (Å²) in [6.45, 7) is 1.39. The van der Waals surface area contributed by atoms with Gasteiger partial charge < -0.3 is 10.2 Å². The second kappa shape index (κ2) is 14.2. The lowest BCUT2D eigenvalue weighted by Gasteiger charge is -2.34. The van der Waals surface area contributed by atoms with Crippen LogP contribution in [0.1, 0.15) is 51.0 Å². The van der Waals surface area contributed by atoms with Crippen molar-refractivity contribution in [2.24, 2.45) is 0 Å². The fraction of sp³-hybridized carbons (Fsp3) is 0.355. The molecule has 10 heteroatoms. The molecule has 1 aliphatic rings. The minimum absolute atomic E-state index is 0.00158. The number of nitrogens with one attached hydrogen (secondary N) is 1. The molecule has 3 aromatic carbocycles. The summed E-state index contributed by atoms with van der Waals surface area (Å²) >= 11 is 12.5. The Morgan fingerprint density at radius 2 is 1.54 bits per heavy atom. The van der Waals surface area contributed by atoms with Gasteiger partial charge in [0.1, 0.15) is 12.6 Å². The number of anilines is 1. The molecule has 41 heavy (non-hydrogen) atoms. The molecule has 2 amide bonds. The maximum atomic E-state index is 14.1. The van der Waals surface area contributed by atoms with Crippen molar-refractivity contribution in [3.63, 3.8) is 0 Å². The van der Waals surface area contributed by atoms with Gasteiger partial charge in [0.2, 0.25) is 11.8 Å². The van der Waals surface area contributed by atoms with E-state index >= 15 is 0 Å². The van der Waals surface area contributed by atoms with Gasteiger partial charge in [0.15, 0.2) is 0 Å². The second-order valence-corrected chi connectivity index (χ2v) is 12.9.